The monoisotopic (exact) mass is 404 g/mol. The Bertz CT molecular complexity index is 1020. The van der Waals surface area contributed by atoms with E-state index in [1.807, 2.05) is 4.57 Å². The third-order valence-corrected chi connectivity index (χ3v) is 7.29. The van der Waals surface area contributed by atoms with Crippen molar-refractivity contribution in [3.63, 3.8) is 0 Å². The van der Waals surface area contributed by atoms with Crippen molar-refractivity contribution in [1.29, 1.82) is 0 Å². The number of thioether (sulfide) groups is 1. The van der Waals surface area contributed by atoms with E-state index in [4.69, 9.17) is 9.40 Å². The van der Waals surface area contributed by atoms with Crippen LogP contribution < -0.4 is 5.56 Å². The second-order valence-corrected chi connectivity index (χ2v) is 9.10. The van der Waals surface area contributed by atoms with Crippen LogP contribution in [0, 0.1) is 6.92 Å². The second-order valence-electron chi connectivity index (χ2n) is 7.07. The zero-order chi connectivity index (χ0) is 19.0. The molecule has 3 aromatic heterocycles. The van der Waals surface area contributed by atoms with Crippen LogP contribution in [0.15, 0.2) is 14.4 Å². The predicted molar refractivity (Wildman–Crippen MR) is 109 cm³/mol. The van der Waals surface area contributed by atoms with Gasteiger partial charge in [0.2, 0.25) is 11.8 Å². The number of hydrogen-bond donors (Lipinski definition) is 0. The smallest absolute Gasteiger partial charge is 0.263 e. The first kappa shape index (κ1) is 18.7. The Labute approximate surface area is 166 Å². The van der Waals surface area contributed by atoms with Crippen LogP contribution in [-0.2, 0) is 18.6 Å². The summed E-state index contributed by atoms with van der Waals surface area (Å²) in [5, 5.41) is 9.53. The topological polar surface area (TPSA) is 73.8 Å². The molecule has 0 bridgehead atoms. The number of thiophene rings is 1. The van der Waals surface area contributed by atoms with Gasteiger partial charge in [0, 0.05) is 17.8 Å². The van der Waals surface area contributed by atoms with Gasteiger partial charge in [-0.1, -0.05) is 25.1 Å². The van der Waals surface area contributed by atoms with E-state index in [9.17, 15) is 4.79 Å². The lowest BCUT2D eigenvalue weighted by atomic mass is 10.1. The summed E-state index contributed by atoms with van der Waals surface area (Å²) in [6.07, 6.45) is 6.57. The Kier molecular flexibility index (Phi) is 5.36. The number of hydrogen-bond acceptors (Lipinski definition) is 7. The highest BCUT2D eigenvalue weighted by atomic mass is 32.2. The van der Waals surface area contributed by atoms with Crippen LogP contribution in [0.4, 0.5) is 0 Å². The number of aryl methyl sites for hydroxylation is 3. The fourth-order valence-electron chi connectivity index (χ4n) is 3.57. The van der Waals surface area contributed by atoms with E-state index in [0.29, 0.717) is 17.5 Å². The molecule has 3 aromatic rings. The predicted octanol–water partition coefficient (Wildman–Crippen LogP) is 4.68. The van der Waals surface area contributed by atoms with Crippen LogP contribution in [0.25, 0.3) is 10.2 Å². The average Bonchev–Trinajstić information content (AvgIpc) is 3.15. The van der Waals surface area contributed by atoms with Gasteiger partial charge in [0.25, 0.3) is 5.56 Å². The van der Waals surface area contributed by atoms with Crippen molar-refractivity contribution in [3.8, 4) is 0 Å². The first-order valence-corrected chi connectivity index (χ1v) is 11.4. The lowest BCUT2D eigenvalue weighted by Crippen LogP contribution is -2.26. The van der Waals surface area contributed by atoms with Crippen molar-refractivity contribution in [2.45, 2.75) is 76.2 Å². The summed E-state index contributed by atoms with van der Waals surface area (Å²) in [6.45, 7) is 5.96. The zero-order valence-corrected chi connectivity index (χ0v) is 17.6. The minimum Gasteiger partial charge on any atom is -0.425 e. The summed E-state index contributed by atoms with van der Waals surface area (Å²) in [7, 11) is 0. The molecule has 0 saturated carbocycles. The molecule has 27 heavy (non-hydrogen) atoms. The Balaban J connectivity index is 1.80. The van der Waals surface area contributed by atoms with Gasteiger partial charge in [0.15, 0.2) is 5.16 Å². The van der Waals surface area contributed by atoms with Crippen molar-refractivity contribution in [1.82, 2.24) is 19.7 Å². The van der Waals surface area contributed by atoms with Gasteiger partial charge in [-0.05, 0) is 44.6 Å². The molecule has 0 spiro atoms. The molecule has 6 nitrogen and oxygen atoms in total. The molecule has 0 aromatic carbocycles. The third-order valence-electron chi connectivity index (χ3n) is 5.16. The molecule has 1 unspecified atom stereocenters. The average molecular weight is 405 g/mol. The maximum Gasteiger partial charge on any atom is 0.263 e. The van der Waals surface area contributed by atoms with Gasteiger partial charge in [0.05, 0.1) is 11.1 Å². The van der Waals surface area contributed by atoms with Crippen molar-refractivity contribution in [2.75, 3.05) is 0 Å². The molecule has 0 amide bonds. The fraction of sp³-hybridized carbons (Fsp3) is 0.579. The van der Waals surface area contributed by atoms with Gasteiger partial charge in [-0.3, -0.25) is 9.36 Å². The SMILES string of the molecule is CCC(C)n1c(SCc2nnc(C)o2)nc2sc3c(c2c1=O)CCCCC3. The molecule has 0 radical (unpaired) electrons. The number of nitrogens with zero attached hydrogens (tertiary/aromatic N) is 4. The maximum atomic E-state index is 13.5. The molecule has 8 heteroatoms. The largest absolute Gasteiger partial charge is 0.425 e. The van der Waals surface area contributed by atoms with Gasteiger partial charge >= 0.3 is 0 Å². The fourth-order valence-corrected chi connectivity index (χ4v) is 5.81. The van der Waals surface area contributed by atoms with Crippen LogP contribution in [0.5, 0.6) is 0 Å². The summed E-state index contributed by atoms with van der Waals surface area (Å²) in [5.74, 6) is 1.63. The minimum absolute atomic E-state index is 0.0997. The molecule has 1 aliphatic carbocycles. The van der Waals surface area contributed by atoms with E-state index in [0.717, 1.165) is 41.1 Å². The van der Waals surface area contributed by atoms with Gasteiger partial charge in [0.1, 0.15) is 4.83 Å². The Hall–Kier alpha value is -1.67. The van der Waals surface area contributed by atoms with E-state index in [-0.39, 0.29) is 11.6 Å². The highest BCUT2D eigenvalue weighted by molar-refractivity contribution is 7.98. The normalized spacial score (nSPS) is 15.7. The van der Waals surface area contributed by atoms with E-state index < -0.39 is 0 Å². The van der Waals surface area contributed by atoms with Crippen molar-refractivity contribution >= 4 is 33.3 Å². The molecule has 3 heterocycles. The van der Waals surface area contributed by atoms with Crippen LogP contribution in [0.2, 0.25) is 0 Å². The molecule has 1 aliphatic rings. The summed E-state index contributed by atoms with van der Waals surface area (Å²) in [6, 6.07) is 0.0997. The summed E-state index contributed by atoms with van der Waals surface area (Å²) in [5.41, 5.74) is 1.36. The number of fused-ring (bicyclic) bond motifs is 3. The second kappa shape index (κ2) is 7.75. The summed E-state index contributed by atoms with van der Waals surface area (Å²) < 4.78 is 7.34. The quantitative estimate of drug-likeness (QED) is 0.349. The van der Waals surface area contributed by atoms with E-state index in [1.54, 1.807) is 18.3 Å². The van der Waals surface area contributed by atoms with Gasteiger partial charge in [-0.25, -0.2) is 4.98 Å². The lowest BCUT2D eigenvalue weighted by molar-refractivity contribution is 0.466. The standard InChI is InChI=1S/C19H24N4O2S2/c1-4-11(2)23-18(24)16-13-8-6-5-7-9-14(13)27-17(16)20-19(23)26-10-15-22-21-12(3)25-15/h11H,4-10H2,1-3H3. The molecule has 0 aliphatic heterocycles. The van der Waals surface area contributed by atoms with E-state index >= 15 is 0 Å². The minimum atomic E-state index is 0.0997. The van der Waals surface area contributed by atoms with Crippen molar-refractivity contribution in [3.05, 3.63) is 32.6 Å². The van der Waals surface area contributed by atoms with Crippen LogP contribution in [0.3, 0.4) is 0 Å². The lowest BCUT2D eigenvalue weighted by Gasteiger charge is -2.17. The highest BCUT2D eigenvalue weighted by Crippen LogP contribution is 2.35. The van der Waals surface area contributed by atoms with Crippen molar-refractivity contribution in [2.24, 2.45) is 0 Å². The molecule has 0 N–H and O–H groups in total. The van der Waals surface area contributed by atoms with Crippen LogP contribution >= 0.6 is 23.1 Å². The molecular formula is C19H24N4O2S2. The van der Waals surface area contributed by atoms with Gasteiger partial charge in [-0.15, -0.1) is 21.5 Å². The summed E-state index contributed by atoms with van der Waals surface area (Å²) >= 11 is 3.20. The zero-order valence-electron chi connectivity index (χ0n) is 15.9. The third kappa shape index (κ3) is 3.57. The molecule has 0 saturated heterocycles. The Morgan fingerprint density at radius 1 is 1.26 bits per heavy atom. The Morgan fingerprint density at radius 2 is 2.07 bits per heavy atom. The molecule has 4 rings (SSSR count). The van der Waals surface area contributed by atoms with Crippen molar-refractivity contribution < 1.29 is 4.42 Å². The number of rotatable bonds is 5. The molecular weight excluding hydrogens is 380 g/mol. The molecule has 0 fully saturated rings. The highest BCUT2D eigenvalue weighted by Gasteiger charge is 2.23. The van der Waals surface area contributed by atoms with Gasteiger partial charge in [-0.2, -0.15) is 0 Å². The number of aromatic nitrogens is 4. The van der Waals surface area contributed by atoms with Crippen LogP contribution in [0.1, 0.15) is 67.8 Å². The maximum absolute atomic E-state index is 13.5. The van der Waals surface area contributed by atoms with Crippen LogP contribution in [-0.4, -0.2) is 19.7 Å². The molecule has 1 atom stereocenters. The summed E-state index contributed by atoms with van der Waals surface area (Å²) in [4.78, 5) is 20.6. The van der Waals surface area contributed by atoms with Gasteiger partial charge < -0.3 is 4.42 Å². The first-order valence-electron chi connectivity index (χ1n) is 9.57. The van der Waals surface area contributed by atoms with E-state index in [1.165, 1.54) is 35.0 Å². The van der Waals surface area contributed by atoms with E-state index in [2.05, 4.69) is 24.0 Å². The first-order chi connectivity index (χ1) is 13.1. The molecule has 144 valence electrons. The Morgan fingerprint density at radius 3 is 2.81 bits per heavy atom.